The first-order valence-electron chi connectivity index (χ1n) is 9.89. The van der Waals surface area contributed by atoms with E-state index in [0.29, 0.717) is 11.4 Å². The maximum absolute atomic E-state index is 12.5. The van der Waals surface area contributed by atoms with Crippen molar-refractivity contribution < 1.29 is 9.59 Å². The van der Waals surface area contributed by atoms with Gasteiger partial charge in [-0.3, -0.25) is 24.7 Å². The summed E-state index contributed by atoms with van der Waals surface area (Å²) < 4.78 is 1.17. The number of hydrogen-bond donors (Lipinski definition) is 3. The number of aromatic nitrogens is 4. The van der Waals surface area contributed by atoms with Crippen LogP contribution >= 0.6 is 11.3 Å². The molecule has 2 amide bonds. The third-order valence-electron chi connectivity index (χ3n) is 4.97. The summed E-state index contributed by atoms with van der Waals surface area (Å²) in [5.74, 6) is -1.50. The van der Waals surface area contributed by atoms with Crippen LogP contribution in [0.3, 0.4) is 0 Å². The third-order valence-corrected chi connectivity index (χ3v) is 6.12. The highest BCUT2D eigenvalue weighted by Crippen LogP contribution is 2.38. The van der Waals surface area contributed by atoms with Crippen molar-refractivity contribution in [3.8, 4) is 10.4 Å². The number of nitrogens with one attached hydrogen (secondary N) is 3. The van der Waals surface area contributed by atoms with Crippen molar-refractivity contribution in [1.82, 2.24) is 25.5 Å². The van der Waals surface area contributed by atoms with Crippen molar-refractivity contribution in [2.75, 3.05) is 5.32 Å². The molecule has 2 aromatic carbocycles. The number of carbonyl (C=O) groups excluding carboxylic acids is 2. The van der Waals surface area contributed by atoms with Crippen LogP contribution in [0, 0.1) is 6.92 Å². The van der Waals surface area contributed by atoms with Gasteiger partial charge in [-0.05, 0) is 36.6 Å². The number of rotatable bonds is 4. The standard InChI is InChI=1S/C23H18N6O2S/c1-13-9-25-17(11-24-13)12-26-22(30)23(31)28-16-6-15-10-27-29-21(15)18(8-16)20-7-14-4-2-3-5-19(14)32-20/h2-11H,12H2,1H3,(H,26,30)(H,27,29)(H,28,31). The van der Waals surface area contributed by atoms with E-state index in [0.717, 1.165) is 32.4 Å². The molecule has 9 heteroatoms. The molecule has 0 radical (unpaired) electrons. The number of hydrogen-bond acceptors (Lipinski definition) is 6. The number of H-pyrrole nitrogens is 1. The molecule has 0 aliphatic heterocycles. The molecule has 32 heavy (non-hydrogen) atoms. The molecule has 0 unspecified atom stereocenters. The highest BCUT2D eigenvalue weighted by molar-refractivity contribution is 7.22. The number of benzene rings is 2. The largest absolute Gasteiger partial charge is 0.342 e. The van der Waals surface area contributed by atoms with Crippen molar-refractivity contribution in [2.24, 2.45) is 0 Å². The lowest BCUT2D eigenvalue weighted by atomic mass is 10.1. The lowest BCUT2D eigenvalue weighted by Gasteiger charge is -2.09. The molecule has 5 aromatic rings. The monoisotopic (exact) mass is 442 g/mol. The second-order valence-corrected chi connectivity index (χ2v) is 8.38. The summed E-state index contributed by atoms with van der Waals surface area (Å²) in [5, 5.41) is 14.4. The zero-order chi connectivity index (χ0) is 22.1. The van der Waals surface area contributed by atoms with E-state index in [-0.39, 0.29) is 6.54 Å². The molecule has 0 aliphatic carbocycles. The van der Waals surface area contributed by atoms with E-state index in [1.807, 2.05) is 25.1 Å². The van der Waals surface area contributed by atoms with Crippen molar-refractivity contribution in [1.29, 1.82) is 0 Å². The Morgan fingerprint density at radius 1 is 1.00 bits per heavy atom. The molecule has 0 spiro atoms. The Morgan fingerprint density at radius 3 is 2.69 bits per heavy atom. The predicted molar refractivity (Wildman–Crippen MR) is 124 cm³/mol. The molecule has 0 saturated heterocycles. The second-order valence-electron chi connectivity index (χ2n) is 7.29. The molecule has 0 aliphatic rings. The Bertz CT molecular complexity index is 1420. The highest BCUT2D eigenvalue weighted by Gasteiger charge is 2.17. The van der Waals surface area contributed by atoms with E-state index in [1.165, 1.54) is 4.70 Å². The van der Waals surface area contributed by atoms with Gasteiger partial charge in [0.15, 0.2) is 0 Å². The Balaban J connectivity index is 1.37. The lowest BCUT2D eigenvalue weighted by Crippen LogP contribution is -2.35. The maximum atomic E-state index is 12.5. The van der Waals surface area contributed by atoms with Crippen LogP contribution in [0.1, 0.15) is 11.4 Å². The van der Waals surface area contributed by atoms with E-state index in [9.17, 15) is 9.59 Å². The van der Waals surface area contributed by atoms with Crippen molar-refractivity contribution in [2.45, 2.75) is 13.5 Å². The maximum Gasteiger partial charge on any atom is 0.313 e. The molecule has 3 aromatic heterocycles. The van der Waals surface area contributed by atoms with E-state index in [2.05, 4.69) is 49.0 Å². The van der Waals surface area contributed by atoms with Gasteiger partial charge in [0.2, 0.25) is 0 Å². The van der Waals surface area contributed by atoms with Crippen LogP contribution < -0.4 is 10.6 Å². The lowest BCUT2D eigenvalue weighted by molar-refractivity contribution is -0.136. The zero-order valence-electron chi connectivity index (χ0n) is 17.0. The van der Waals surface area contributed by atoms with Gasteiger partial charge < -0.3 is 10.6 Å². The average molecular weight is 443 g/mol. The molecule has 3 N–H and O–H groups in total. The van der Waals surface area contributed by atoms with E-state index in [4.69, 9.17) is 0 Å². The van der Waals surface area contributed by atoms with Gasteiger partial charge in [0.05, 0.1) is 35.8 Å². The third kappa shape index (κ3) is 3.93. The van der Waals surface area contributed by atoms with Crippen LogP contribution in [0.4, 0.5) is 5.69 Å². The van der Waals surface area contributed by atoms with Crippen LogP contribution in [0.5, 0.6) is 0 Å². The fourth-order valence-corrected chi connectivity index (χ4v) is 4.47. The molecule has 0 atom stereocenters. The van der Waals surface area contributed by atoms with Gasteiger partial charge in [-0.2, -0.15) is 5.10 Å². The SMILES string of the molecule is Cc1cnc(CNC(=O)C(=O)Nc2cc(-c3cc4ccccc4s3)c3[nH]ncc3c2)cn1. The number of fused-ring (bicyclic) bond motifs is 2. The van der Waals surface area contributed by atoms with E-state index < -0.39 is 11.8 Å². The first-order valence-corrected chi connectivity index (χ1v) is 10.7. The van der Waals surface area contributed by atoms with E-state index >= 15 is 0 Å². The Labute approximate surface area is 186 Å². The van der Waals surface area contributed by atoms with Gasteiger partial charge in [-0.25, -0.2) is 0 Å². The molecule has 3 heterocycles. The first-order chi connectivity index (χ1) is 15.6. The van der Waals surface area contributed by atoms with Gasteiger partial charge in [-0.1, -0.05) is 18.2 Å². The summed E-state index contributed by atoms with van der Waals surface area (Å²) >= 11 is 1.66. The van der Waals surface area contributed by atoms with Gasteiger partial charge in [0.25, 0.3) is 0 Å². The van der Waals surface area contributed by atoms with E-state index in [1.54, 1.807) is 36.0 Å². The van der Waals surface area contributed by atoms with Gasteiger partial charge in [0.1, 0.15) is 0 Å². The molecule has 0 saturated carbocycles. The van der Waals surface area contributed by atoms with Crippen LogP contribution in [0.25, 0.3) is 31.4 Å². The number of nitrogens with zero attached hydrogens (tertiary/aromatic N) is 3. The number of aromatic amines is 1. The predicted octanol–water partition coefficient (Wildman–Crippen LogP) is 3.80. The van der Waals surface area contributed by atoms with Crippen molar-refractivity contribution in [3.63, 3.8) is 0 Å². The van der Waals surface area contributed by atoms with Crippen LogP contribution in [-0.2, 0) is 16.1 Å². The first kappa shape index (κ1) is 19.8. The molecule has 0 fully saturated rings. The normalized spacial score (nSPS) is 11.0. The van der Waals surface area contributed by atoms with Gasteiger partial charge in [0, 0.05) is 32.4 Å². The second kappa shape index (κ2) is 8.20. The Morgan fingerprint density at radius 2 is 1.88 bits per heavy atom. The van der Waals surface area contributed by atoms with Gasteiger partial charge >= 0.3 is 11.8 Å². The minimum absolute atomic E-state index is 0.118. The van der Waals surface area contributed by atoms with Crippen LogP contribution in [0.15, 0.2) is 61.1 Å². The molecular formula is C23H18N6O2S. The summed E-state index contributed by atoms with van der Waals surface area (Å²) in [6.07, 6.45) is 4.87. The molecular weight excluding hydrogens is 424 g/mol. The Hall–Kier alpha value is -4.11. The average Bonchev–Trinajstić information content (AvgIpc) is 3.44. The minimum atomic E-state index is -0.754. The highest BCUT2D eigenvalue weighted by atomic mass is 32.1. The molecule has 5 rings (SSSR count). The number of anilines is 1. The summed E-state index contributed by atoms with van der Waals surface area (Å²) in [7, 11) is 0. The number of carbonyl (C=O) groups is 2. The zero-order valence-corrected chi connectivity index (χ0v) is 17.9. The van der Waals surface area contributed by atoms with Gasteiger partial charge in [-0.15, -0.1) is 11.3 Å². The fraction of sp³-hybridized carbons (Fsp3) is 0.0870. The summed E-state index contributed by atoms with van der Waals surface area (Å²) in [5.41, 5.74) is 3.65. The smallest absolute Gasteiger partial charge is 0.313 e. The Kier molecular flexibility index (Phi) is 5.08. The summed E-state index contributed by atoms with van der Waals surface area (Å²) in [6, 6.07) is 13.9. The molecule has 0 bridgehead atoms. The molecule has 8 nitrogen and oxygen atoms in total. The topological polar surface area (TPSA) is 113 Å². The molecule has 158 valence electrons. The quantitative estimate of drug-likeness (QED) is 0.367. The number of amides is 2. The van der Waals surface area contributed by atoms with Crippen LogP contribution in [-0.4, -0.2) is 32.0 Å². The summed E-state index contributed by atoms with van der Waals surface area (Å²) in [4.78, 5) is 34.1. The van der Waals surface area contributed by atoms with Crippen LogP contribution in [0.2, 0.25) is 0 Å². The summed E-state index contributed by atoms with van der Waals surface area (Å²) in [6.45, 7) is 1.94. The van der Waals surface area contributed by atoms with Crippen molar-refractivity contribution >= 4 is 49.8 Å². The minimum Gasteiger partial charge on any atom is -0.342 e. The fourth-order valence-electron chi connectivity index (χ4n) is 3.39. The van der Waals surface area contributed by atoms with Crippen molar-refractivity contribution in [3.05, 3.63) is 72.4 Å². The number of aryl methyl sites for hydroxylation is 1. The number of thiophene rings is 1.